The predicted molar refractivity (Wildman–Crippen MR) is 102 cm³/mol. The normalized spacial score (nSPS) is 16.9. The molecule has 1 atom stereocenters. The summed E-state index contributed by atoms with van der Waals surface area (Å²) >= 11 is 7.12. The Morgan fingerprint density at radius 2 is 1.81 bits per heavy atom. The molecule has 134 valence electrons. The van der Waals surface area contributed by atoms with Crippen LogP contribution in [0, 0.1) is 0 Å². The van der Waals surface area contributed by atoms with Crippen LogP contribution < -0.4 is 4.90 Å². The zero-order chi connectivity index (χ0) is 19.0. The number of ketones is 1. The van der Waals surface area contributed by atoms with Crippen molar-refractivity contribution in [3.8, 4) is 0 Å². The number of rotatable bonds is 4. The Balaban J connectivity index is 1.87. The smallest absolute Gasteiger partial charge is 0.296 e. The van der Waals surface area contributed by atoms with Crippen molar-refractivity contribution < 1.29 is 14.7 Å². The van der Waals surface area contributed by atoms with Crippen molar-refractivity contribution in [2.75, 3.05) is 4.90 Å². The number of hydrogen-bond donors (Lipinski definition) is 1. The summed E-state index contributed by atoms with van der Waals surface area (Å²) in [4.78, 5) is 27.2. The van der Waals surface area contributed by atoms with Crippen molar-refractivity contribution in [1.29, 1.82) is 0 Å². The zero-order valence-corrected chi connectivity index (χ0v) is 15.3. The third-order valence-electron chi connectivity index (χ3n) is 4.23. The van der Waals surface area contributed by atoms with Crippen molar-refractivity contribution in [1.82, 2.24) is 10.2 Å². The molecule has 0 saturated carbocycles. The molecule has 6 nitrogen and oxygen atoms in total. The monoisotopic (exact) mass is 397 g/mol. The molecule has 27 heavy (non-hydrogen) atoms. The van der Waals surface area contributed by atoms with E-state index in [-0.39, 0.29) is 5.57 Å². The Morgan fingerprint density at radius 3 is 2.44 bits per heavy atom. The van der Waals surface area contributed by atoms with Crippen LogP contribution >= 0.6 is 22.9 Å². The van der Waals surface area contributed by atoms with Crippen LogP contribution in [0.5, 0.6) is 0 Å². The van der Waals surface area contributed by atoms with Crippen molar-refractivity contribution in [3.05, 3.63) is 87.6 Å². The van der Waals surface area contributed by atoms with Crippen LogP contribution in [0.3, 0.4) is 0 Å². The molecular weight excluding hydrogens is 386 g/mol. The number of amides is 1. The molecule has 1 N–H and O–H groups in total. The molecular formula is C19H12ClN3O3S. The lowest BCUT2D eigenvalue weighted by molar-refractivity contribution is -0.117. The Labute approximate surface area is 163 Å². The second kappa shape index (κ2) is 6.94. The number of benzene rings is 2. The van der Waals surface area contributed by atoms with E-state index >= 15 is 0 Å². The lowest BCUT2D eigenvalue weighted by atomic mass is 9.93. The van der Waals surface area contributed by atoms with Crippen LogP contribution in [0.15, 0.2) is 71.4 Å². The quantitative estimate of drug-likeness (QED) is 0.673. The molecule has 1 aliphatic rings. The Morgan fingerprint density at radius 1 is 1.11 bits per heavy atom. The molecule has 0 spiro atoms. The van der Waals surface area contributed by atoms with E-state index in [0.717, 1.165) is 11.3 Å². The summed E-state index contributed by atoms with van der Waals surface area (Å²) in [6, 6.07) is 14.4. The molecule has 8 heteroatoms. The summed E-state index contributed by atoms with van der Waals surface area (Å²) in [5, 5.41) is 19.1. The number of aromatic nitrogens is 2. The summed E-state index contributed by atoms with van der Waals surface area (Å²) < 4.78 is 0. The molecule has 0 bridgehead atoms. The van der Waals surface area contributed by atoms with Gasteiger partial charge in [-0.1, -0.05) is 65.4 Å². The Kier molecular flexibility index (Phi) is 4.47. The lowest BCUT2D eigenvalue weighted by Crippen LogP contribution is -2.31. The Bertz CT molecular complexity index is 1030. The van der Waals surface area contributed by atoms with Gasteiger partial charge in [0, 0.05) is 10.6 Å². The fourth-order valence-electron chi connectivity index (χ4n) is 3.01. The largest absolute Gasteiger partial charge is 0.503 e. The van der Waals surface area contributed by atoms with Crippen molar-refractivity contribution >= 4 is 39.8 Å². The van der Waals surface area contributed by atoms with E-state index in [1.165, 1.54) is 10.4 Å². The molecule has 0 aliphatic carbocycles. The highest BCUT2D eigenvalue weighted by Crippen LogP contribution is 2.42. The standard InChI is InChI=1S/C19H12ClN3O3S/c20-13-8-6-11(7-9-13)15-14(16(24)12-4-2-1-3-5-12)17(25)18(26)23(15)19-22-21-10-27-19/h1-10,15,25H. The summed E-state index contributed by atoms with van der Waals surface area (Å²) in [6.45, 7) is 0. The SMILES string of the molecule is O=C(C1=C(O)C(=O)N(c2nncs2)C1c1ccc(Cl)cc1)c1ccccc1. The number of hydrogen-bond acceptors (Lipinski definition) is 6. The van der Waals surface area contributed by atoms with E-state index in [1.54, 1.807) is 54.6 Å². The molecule has 1 aromatic heterocycles. The first-order valence-corrected chi connectivity index (χ1v) is 9.21. The van der Waals surface area contributed by atoms with Gasteiger partial charge in [0.25, 0.3) is 5.91 Å². The van der Waals surface area contributed by atoms with Crippen molar-refractivity contribution in [2.45, 2.75) is 6.04 Å². The third-order valence-corrected chi connectivity index (χ3v) is 5.17. The van der Waals surface area contributed by atoms with E-state index in [0.29, 0.717) is 21.3 Å². The summed E-state index contributed by atoms with van der Waals surface area (Å²) in [5.74, 6) is -1.70. The van der Waals surface area contributed by atoms with Gasteiger partial charge in [0.2, 0.25) is 5.13 Å². The first kappa shape index (κ1) is 17.4. The first-order valence-electron chi connectivity index (χ1n) is 7.96. The van der Waals surface area contributed by atoms with Gasteiger partial charge in [0.05, 0.1) is 11.6 Å². The Hall–Kier alpha value is -3.03. The van der Waals surface area contributed by atoms with Crippen LogP contribution in [0.4, 0.5) is 5.13 Å². The summed E-state index contributed by atoms with van der Waals surface area (Å²) in [6.07, 6.45) is 0. The minimum atomic E-state index is -0.824. The molecule has 0 fully saturated rings. The average Bonchev–Trinajstić information content (AvgIpc) is 3.30. The zero-order valence-electron chi connectivity index (χ0n) is 13.7. The number of nitrogens with zero attached hydrogens (tertiary/aromatic N) is 3. The minimum absolute atomic E-state index is 0.00345. The van der Waals surface area contributed by atoms with Gasteiger partial charge in [-0.15, -0.1) is 10.2 Å². The van der Waals surface area contributed by atoms with E-state index in [2.05, 4.69) is 10.2 Å². The van der Waals surface area contributed by atoms with E-state index in [1.807, 2.05) is 0 Å². The molecule has 2 aromatic carbocycles. The number of aliphatic hydroxyl groups excluding tert-OH is 1. The van der Waals surface area contributed by atoms with E-state index in [4.69, 9.17) is 11.6 Å². The molecule has 1 amide bonds. The molecule has 4 rings (SSSR count). The van der Waals surface area contributed by atoms with Gasteiger partial charge in [-0.3, -0.25) is 14.5 Å². The lowest BCUT2D eigenvalue weighted by Gasteiger charge is -2.24. The second-order valence-corrected chi connectivity index (χ2v) is 7.06. The number of anilines is 1. The molecule has 1 unspecified atom stereocenters. The van der Waals surface area contributed by atoms with Gasteiger partial charge < -0.3 is 5.11 Å². The molecule has 0 saturated heterocycles. The number of aliphatic hydroxyl groups is 1. The number of carbonyl (C=O) groups excluding carboxylic acids is 2. The van der Waals surface area contributed by atoms with Gasteiger partial charge in [0.15, 0.2) is 11.5 Å². The fraction of sp³-hybridized carbons (Fsp3) is 0.0526. The van der Waals surface area contributed by atoms with Crippen molar-refractivity contribution in [2.24, 2.45) is 0 Å². The minimum Gasteiger partial charge on any atom is -0.503 e. The van der Waals surface area contributed by atoms with Crippen LogP contribution in [-0.4, -0.2) is 27.0 Å². The topological polar surface area (TPSA) is 83.4 Å². The van der Waals surface area contributed by atoms with E-state index < -0.39 is 23.5 Å². The highest BCUT2D eigenvalue weighted by atomic mass is 35.5. The maximum absolute atomic E-state index is 13.1. The van der Waals surface area contributed by atoms with Crippen LogP contribution in [0.2, 0.25) is 5.02 Å². The van der Waals surface area contributed by atoms with Crippen LogP contribution in [0.25, 0.3) is 0 Å². The average molecular weight is 398 g/mol. The third kappa shape index (κ3) is 3.01. The van der Waals surface area contributed by atoms with E-state index in [9.17, 15) is 14.7 Å². The van der Waals surface area contributed by atoms with Gasteiger partial charge in [-0.25, -0.2) is 0 Å². The molecule has 3 aromatic rings. The maximum atomic E-state index is 13.1. The first-order chi connectivity index (χ1) is 13.1. The van der Waals surface area contributed by atoms with Gasteiger partial charge in [-0.2, -0.15) is 0 Å². The summed E-state index contributed by atoms with van der Waals surface area (Å²) in [5.41, 5.74) is 2.50. The van der Waals surface area contributed by atoms with Crippen molar-refractivity contribution in [3.63, 3.8) is 0 Å². The highest BCUT2D eigenvalue weighted by Gasteiger charge is 2.45. The van der Waals surface area contributed by atoms with Gasteiger partial charge in [0.1, 0.15) is 5.51 Å². The fourth-order valence-corrected chi connectivity index (χ4v) is 3.72. The number of carbonyl (C=O) groups is 2. The molecule has 1 aliphatic heterocycles. The number of halogens is 1. The van der Waals surface area contributed by atoms with Gasteiger partial charge >= 0.3 is 0 Å². The van der Waals surface area contributed by atoms with Crippen LogP contribution in [0.1, 0.15) is 22.0 Å². The summed E-state index contributed by atoms with van der Waals surface area (Å²) in [7, 11) is 0. The maximum Gasteiger partial charge on any atom is 0.296 e. The molecule has 2 heterocycles. The van der Waals surface area contributed by atoms with Gasteiger partial charge in [-0.05, 0) is 17.7 Å². The molecule has 0 radical (unpaired) electrons. The van der Waals surface area contributed by atoms with Crippen LogP contribution in [-0.2, 0) is 4.79 Å². The highest BCUT2D eigenvalue weighted by molar-refractivity contribution is 7.13. The predicted octanol–water partition coefficient (Wildman–Crippen LogP) is 3.97. The second-order valence-electron chi connectivity index (χ2n) is 5.81. The number of Topliss-reactive ketones (excluding diaryl/α,β-unsaturated/α-hetero) is 1.